The van der Waals surface area contributed by atoms with E-state index in [9.17, 15) is 9.59 Å². The van der Waals surface area contributed by atoms with Crippen molar-refractivity contribution in [3.05, 3.63) is 63.3 Å². The quantitative estimate of drug-likeness (QED) is 0.905. The number of pyridine rings is 2. The fourth-order valence-corrected chi connectivity index (χ4v) is 2.27. The van der Waals surface area contributed by atoms with E-state index in [0.717, 1.165) is 17.7 Å². The van der Waals surface area contributed by atoms with Crippen LogP contribution in [-0.2, 0) is 0 Å². The van der Waals surface area contributed by atoms with E-state index < -0.39 is 0 Å². The minimum Gasteiger partial charge on any atom is -0.354 e. The highest BCUT2D eigenvalue weighted by molar-refractivity contribution is 5.92. The molecule has 0 aromatic carbocycles. The van der Waals surface area contributed by atoms with Gasteiger partial charge in [-0.05, 0) is 31.9 Å². The Bertz CT molecular complexity index is 707. The van der Waals surface area contributed by atoms with Crippen LogP contribution in [-0.4, -0.2) is 15.9 Å². The van der Waals surface area contributed by atoms with Crippen molar-refractivity contribution in [2.45, 2.75) is 33.2 Å². The Labute approximate surface area is 123 Å². The molecule has 2 aromatic rings. The lowest BCUT2D eigenvalue weighted by Crippen LogP contribution is -2.30. The number of carbonyl (C=O) groups excluding carboxylic acids is 1. The highest BCUT2D eigenvalue weighted by atomic mass is 16.2. The molecule has 5 nitrogen and oxygen atoms in total. The van der Waals surface area contributed by atoms with Crippen LogP contribution in [0.25, 0.3) is 0 Å². The lowest BCUT2D eigenvalue weighted by molar-refractivity contribution is 0.0929. The van der Waals surface area contributed by atoms with E-state index in [0.29, 0.717) is 5.69 Å². The van der Waals surface area contributed by atoms with Gasteiger partial charge in [-0.3, -0.25) is 14.6 Å². The van der Waals surface area contributed by atoms with Gasteiger partial charge in [-0.15, -0.1) is 0 Å². The van der Waals surface area contributed by atoms with Crippen LogP contribution in [0.15, 0.2) is 35.3 Å². The van der Waals surface area contributed by atoms with Crippen molar-refractivity contribution in [2.75, 3.05) is 0 Å². The van der Waals surface area contributed by atoms with Crippen molar-refractivity contribution in [2.24, 2.45) is 0 Å². The maximum absolute atomic E-state index is 12.3. The Morgan fingerprint density at radius 3 is 2.76 bits per heavy atom. The first-order valence-corrected chi connectivity index (χ1v) is 6.94. The zero-order valence-electron chi connectivity index (χ0n) is 12.4. The second kappa shape index (κ2) is 6.35. The molecule has 0 bridgehead atoms. The van der Waals surface area contributed by atoms with E-state index >= 15 is 0 Å². The first kappa shape index (κ1) is 15.0. The van der Waals surface area contributed by atoms with Crippen molar-refractivity contribution < 1.29 is 4.79 Å². The first-order chi connectivity index (χ1) is 10.0. The third kappa shape index (κ3) is 3.56. The maximum Gasteiger partial charge on any atom is 0.268 e. The third-order valence-electron chi connectivity index (χ3n) is 3.32. The molecule has 5 heteroatoms. The van der Waals surface area contributed by atoms with Gasteiger partial charge < -0.3 is 10.3 Å². The maximum atomic E-state index is 12.3. The molecule has 0 saturated heterocycles. The van der Waals surface area contributed by atoms with Gasteiger partial charge in [0.25, 0.3) is 5.91 Å². The van der Waals surface area contributed by atoms with Gasteiger partial charge >= 0.3 is 0 Å². The van der Waals surface area contributed by atoms with Crippen molar-refractivity contribution >= 4 is 5.91 Å². The molecule has 1 amide bonds. The third-order valence-corrected chi connectivity index (χ3v) is 3.32. The Morgan fingerprint density at radius 1 is 1.38 bits per heavy atom. The van der Waals surface area contributed by atoms with E-state index in [4.69, 9.17) is 0 Å². The molecule has 2 rings (SSSR count). The van der Waals surface area contributed by atoms with Gasteiger partial charge in [-0.25, -0.2) is 0 Å². The molecule has 0 aliphatic carbocycles. The van der Waals surface area contributed by atoms with Crippen LogP contribution in [0.3, 0.4) is 0 Å². The normalized spacial score (nSPS) is 12.0. The molecule has 21 heavy (non-hydrogen) atoms. The largest absolute Gasteiger partial charge is 0.354 e. The van der Waals surface area contributed by atoms with Crippen LogP contribution >= 0.6 is 0 Å². The number of aromatic amines is 1. The SMILES string of the molecule is CC[C@H](NC(=O)c1cc(=O)cc(C)[nH]1)c1ncccc1C. The number of nitrogens with one attached hydrogen (secondary N) is 2. The zero-order chi connectivity index (χ0) is 15.4. The summed E-state index contributed by atoms with van der Waals surface area (Å²) in [5.74, 6) is -0.298. The number of rotatable bonds is 4. The molecule has 110 valence electrons. The van der Waals surface area contributed by atoms with E-state index in [1.54, 1.807) is 13.1 Å². The summed E-state index contributed by atoms with van der Waals surface area (Å²) < 4.78 is 0. The number of carbonyl (C=O) groups is 1. The Balaban J connectivity index is 2.24. The molecule has 1 atom stereocenters. The van der Waals surface area contributed by atoms with Gasteiger partial charge in [0.2, 0.25) is 0 Å². The van der Waals surface area contributed by atoms with Gasteiger partial charge in [0, 0.05) is 24.0 Å². The summed E-state index contributed by atoms with van der Waals surface area (Å²) in [6, 6.07) is 6.41. The van der Waals surface area contributed by atoms with Gasteiger partial charge in [0.1, 0.15) is 5.69 Å². The van der Waals surface area contributed by atoms with Crippen LogP contribution in [0.2, 0.25) is 0 Å². The van der Waals surface area contributed by atoms with E-state index in [-0.39, 0.29) is 23.1 Å². The average Bonchev–Trinajstić information content (AvgIpc) is 2.44. The molecule has 2 aromatic heterocycles. The Hall–Kier alpha value is -2.43. The summed E-state index contributed by atoms with van der Waals surface area (Å²) >= 11 is 0. The lowest BCUT2D eigenvalue weighted by atomic mass is 10.1. The highest BCUT2D eigenvalue weighted by Crippen LogP contribution is 2.18. The monoisotopic (exact) mass is 285 g/mol. The van der Waals surface area contributed by atoms with Crippen LogP contribution in [0, 0.1) is 13.8 Å². The van der Waals surface area contributed by atoms with E-state index in [1.165, 1.54) is 12.1 Å². The number of aromatic nitrogens is 2. The summed E-state index contributed by atoms with van der Waals surface area (Å²) in [5, 5.41) is 2.92. The number of hydrogen-bond donors (Lipinski definition) is 2. The first-order valence-electron chi connectivity index (χ1n) is 6.94. The predicted molar refractivity (Wildman–Crippen MR) is 81.3 cm³/mol. The second-order valence-electron chi connectivity index (χ2n) is 5.05. The minimum atomic E-state index is -0.298. The minimum absolute atomic E-state index is 0.178. The summed E-state index contributed by atoms with van der Waals surface area (Å²) in [5.41, 5.74) is 2.63. The standard InChI is InChI=1S/C16H19N3O2/c1-4-13(15-10(2)6-5-7-17-15)19-16(21)14-9-12(20)8-11(3)18-14/h5-9,13H,4H2,1-3H3,(H,18,20)(H,19,21)/t13-/m0/s1. The van der Waals surface area contributed by atoms with Crippen LogP contribution in [0.5, 0.6) is 0 Å². The summed E-state index contributed by atoms with van der Waals surface area (Å²) in [7, 11) is 0. The number of nitrogens with zero attached hydrogens (tertiary/aromatic N) is 1. The molecular weight excluding hydrogens is 266 g/mol. The second-order valence-corrected chi connectivity index (χ2v) is 5.05. The molecule has 0 saturated carbocycles. The molecule has 2 heterocycles. The molecule has 0 aliphatic heterocycles. The fraction of sp³-hybridized carbons (Fsp3) is 0.312. The Kier molecular flexibility index (Phi) is 4.52. The van der Waals surface area contributed by atoms with Crippen LogP contribution < -0.4 is 10.7 Å². The van der Waals surface area contributed by atoms with Gasteiger partial charge in [0.15, 0.2) is 5.43 Å². The van der Waals surface area contributed by atoms with Crippen LogP contribution in [0.4, 0.5) is 0 Å². The molecule has 0 spiro atoms. The molecule has 0 radical (unpaired) electrons. The average molecular weight is 285 g/mol. The molecular formula is C16H19N3O2. The van der Waals surface area contributed by atoms with Crippen molar-refractivity contribution in [1.82, 2.24) is 15.3 Å². The Morgan fingerprint density at radius 2 is 2.14 bits per heavy atom. The number of H-pyrrole nitrogens is 1. The van der Waals surface area contributed by atoms with Crippen molar-refractivity contribution in [1.29, 1.82) is 0 Å². The molecule has 0 fully saturated rings. The predicted octanol–water partition coefficient (Wildman–Crippen LogP) is 2.27. The molecule has 0 aliphatic rings. The van der Waals surface area contributed by atoms with Gasteiger partial charge in [0.05, 0.1) is 11.7 Å². The summed E-state index contributed by atoms with van der Waals surface area (Å²) in [6.07, 6.45) is 2.44. The number of hydrogen-bond acceptors (Lipinski definition) is 3. The van der Waals surface area contributed by atoms with Gasteiger partial charge in [-0.1, -0.05) is 13.0 Å². The summed E-state index contributed by atoms with van der Waals surface area (Å²) in [6.45, 7) is 5.70. The topological polar surface area (TPSA) is 74.8 Å². The highest BCUT2D eigenvalue weighted by Gasteiger charge is 2.17. The van der Waals surface area contributed by atoms with Crippen LogP contribution in [0.1, 0.15) is 46.8 Å². The van der Waals surface area contributed by atoms with E-state index in [1.807, 2.05) is 26.0 Å². The molecule has 2 N–H and O–H groups in total. The number of amides is 1. The fourth-order valence-electron chi connectivity index (χ4n) is 2.27. The smallest absolute Gasteiger partial charge is 0.268 e. The van der Waals surface area contributed by atoms with Crippen molar-refractivity contribution in [3.8, 4) is 0 Å². The lowest BCUT2D eigenvalue weighted by Gasteiger charge is -2.18. The summed E-state index contributed by atoms with van der Waals surface area (Å²) in [4.78, 5) is 31.0. The number of aryl methyl sites for hydroxylation is 2. The van der Waals surface area contributed by atoms with E-state index in [2.05, 4.69) is 15.3 Å². The van der Waals surface area contributed by atoms with Crippen molar-refractivity contribution in [3.63, 3.8) is 0 Å². The zero-order valence-corrected chi connectivity index (χ0v) is 12.4. The van der Waals surface area contributed by atoms with Gasteiger partial charge in [-0.2, -0.15) is 0 Å². The molecule has 0 unspecified atom stereocenters.